The second kappa shape index (κ2) is 10.6. The van der Waals surface area contributed by atoms with Gasteiger partial charge in [-0.3, -0.25) is 0 Å². The third-order valence-electron chi connectivity index (χ3n) is 4.09. The molecule has 11 nitrogen and oxygen atoms in total. The molecule has 1 aliphatic heterocycles. The maximum Gasteiger partial charge on any atom is 0.186 e. The van der Waals surface area contributed by atoms with Crippen LogP contribution in [0, 0.1) is 0 Å². The molecule has 0 aromatic carbocycles. The Labute approximate surface area is 144 Å². The van der Waals surface area contributed by atoms with Gasteiger partial charge in [-0.05, 0) is 0 Å². The molecule has 0 saturated carbocycles. The number of ether oxygens (including phenoxy) is 4. The van der Waals surface area contributed by atoms with Crippen LogP contribution in [0.15, 0.2) is 0 Å². The van der Waals surface area contributed by atoms with Crippen LogP contribution >= 0.6 is 0 Å². The molecule has 11 heteroatoms. The molecule has 0 unspecified atom stereocenters. The molecule has 1 saturated heterocycles. The molecule has 7 N–H and O–H groups in total. The molecule has 0 radical (unpaired) electrons. The topological polar surface area (TPSA) is 179 Å². The Morgan fingerprint density at radius 3 is 1.92 bits per heavy atom. The van der Waals surface area contributed by atoms with Crippen molar-refractivity contribution in [3.63, 3.8) is 0 Å². The SMILES string of the molecule is CO[C@@H]([C@H](OC)[C@H](O)CO[C@@H]1O[C@H](CO)[C@@H](O)[C@H](O)[C@H]1O)[C@H](O)CO. The Morgan fingerprint density at radius 2 is 1.44 bits per heavy atom. The van der Waals surface area contributed by atoms with E-state index < -0.39 is 74.9 Å². The second-order valence-electron chi connectivity index (χ2n) is 5.75. The lowest BCUT2D eigenvalue weighted by atomic mass is 9.99. The van der Waals surface area contributed by atoms with Crippen molar-refractivity contribution < 1.29 is 54.7 Å². The summed E-state index contributed by atoms with van der Waals surface area (Å²) < 4.78 is 20.5. The van der Waals surface area contributed by atoms with Gasteiger partial charge in [0.1, 0.15) is 48.8 Å². The van der Waals surface area contributed by atoms with Gasteiger partial charge in [-0.15, -0.1) is 0 Å². The zero-order valence-corrected chi connectivity index (χ0v) is 14.1. The Kier molecular flexibility index (Phi) is 9.62. The number of aliphatic hydroxyl groups is 7. The van der Waals surface area contributed by atoms with Gasteiger partial charge in [0.25, 0.3) is 0 Å². The molecule has 0 aliphatic carbocycles. The maximum absolute atomic E-state index is 10.2. The van der Waals surface area contributed by atoms with E-state index in [0.29, 0.717) is 0 Å². The summed E-state index contributed by atoms with van der Waals surface area (Å²) in [4.78, 5) is 0. The Morgan fingerprint density at radius 1 is 0.880 bits per heavy atom. The van der Waals surface area contributed by atoms with E-state index in [4.69, 9.17) is 29.2 Å². The smallest absolute Gasteiger partial charge is 0.186 e. The van der Waals surface area contributed by atoms with Crippen molar-refractivity contribution in [3.8, 4) is 0 Å². The van der Waals surface area contributed by atoms with Crippen LogP contribution in [0.25, 0.3) is 0 Å². The van der Waals surface area contributed by atoms with Crippen molar-refractivity contribution in [2.24, 2.45) is 0 Å². The van der Waals surface area contributed by atoms with Gasteiger partial charge in [-0.25, -0.2) is 0 Å². The summed E-state index contributed by atoms with van der Waals surface area (Å²) in [6.45, 7) is -1.67. The van der Waals surface area contributed by atoms with Crippen LogP contribution in [0.1, 0.15) is 0 Å². The first-order valence-corrected chi connectivity index (χ1v) is 7.77. The molecule has 0 spiro atoms. The van der Waals surface area contributed by atoms with Crippen molar-refractivity contribution >= 4 is 0 Å². The molecule has 9 atom stereocenters. The average Bonchev–Trinajstić information content (AvgIpc) is 2.62. The fraction of sp³-hybridized carbons (Fsp3) is 1.00. The van der Waals surface area contributed by atoms with Crippen LogP contribution in [0.3, 0.4) is 0 Å². The van der Waals surface area contributed by atoms with Gasteiger partial charge in [0.15, 0.2) is 6.29 Å². The van der Waals surface area contributed by atoms with Crippen molar-refractivity contribution in [2.75, 3.05) is 34.0 Å². The van der Waals surface area contributed by atoms with E-state index in [1.54, 1.807) is 0 Å². The summed E-state index contributed by atoms with van der Waals surface area (Å²) >= 11 is 0. The Balaban J connectivity index is 2.67. The number of hydrogen-bond acceptors (Lipinski definition) is 11. The molecule has 1 heterocycles. The van der Waals surface area contributed by atoms with Gasteiger partial charge in [0.2, 0.25) is 0 Å². The summed E-state index contributed by atoms with van der Waals surface area (Å²) in [6.07, 6.45) is -12.1. The lowest BCUT2D eigenvalue weighted by Gasteiger charge is -2.40. The second-order valence-corrected chi connectivity index (χ2v) is 5.75. The van der Waals surface area contributed by atoms with E-state index >= 15 is 0 Å². The standard InChI is InChI=1S/C14H28O11/c1-22-12(6(17)3-15)13(23-2)7(18)5-24-14-11(21)10(20)9(19)8(4-16)25-14/h6-21H,3-5H2,1-2H3/t6-,7-,8-,9-,10+,11-,12-,13-,14-/m1/s1. The highest BCUT2D eigenvalue weighted by molar-refractivity contribution is 4.89. The number of methoxy groups -OCH3 is 2. The van der Waals surface area contributed by atoms with Crippen LogP contribution in [-0.2, 0) is 18.9 Å². The molecular formula is C14H28O11. The minimum atomic E-state index is -1.60. The maximum atomic E-state index is 10.2. The van der Waals surface area contributed by atoms with Crippen LogP contribution in [0.4, 0.5) is 0 Å². The van der Waals surface area contributed by atoms with Gasteiger partial charge < -0.3 is 54.7 Å². The number of rotatable bonds is 10. The minimum absolute atomic E-state index is 0.445. The summed E-state index contributed by atoms with van der Waals surface area (Å²) in [5.41, 5.74) is 0. The van der Waals surface area contributed by atoms with Crippen molar-refractivity contribution in [1.29, 1.82) is 0 Å². The first kappa shape index (κ1) is 22.6. The molecule has 1 aliphatic rings. The molecule has 0 aromatic rings. The van der Waals surface area contributed by atoms with E-state index in [2.05, 4.69) is 0 Å². The van der Waals surface area contributed by atoms with Gasteiger partial charge in [0.05, 0.1) is 19.8 Å². The number of hydrogen-bond donors (Lipinski definition) is 7. The van der Waals surface area contributed by atoms with Gasteiger partial charge in [-0.2, -0.15) is 0 Å². The highest BCUT2D eigenvalue weighted by Crippen LogP contribution is 2.22. The van der Waals surface area contributed by atoms with Crippen LogP contribution in [0.2, 0.25) is 0 Å². The third kappa shape index (κ3) is 5.52. The summed E-state index contributed by atoms with van der Waals surface area (Å²) in [5.74, 6) is 0. The highest BCUT2D eigenvalue weighted by Gasteiger charge is 2.44. The minimum Gasteiger partial charge on any atom is -0.394 e. The van der Waals surface area contributed by atoms with Crippen molar-refractivity contribution in [3.05, 3.63) is 0 Å². The highest BCUT2D eigenvalue weighted by atomic mass is 16.7. The van der Waals surface area contributed by atoms with Crippen LogP contribution in [0.5, 0.6) is 0 Å². The first-order chi connectivity index (χ1) is 11.8. The predicted molar refractivity (Wildman–Crippen MR) is 80.4 cm³/mol. The lowest BCUT2D eigenvalue weighted by molar-refractivity contribution is -0.307. The predicted octanol–water partition coefficient (Wildman–Crippen LogP) is -4.45. The fourth-order valence-electron chi connectivity index (χ4n) is 2.62. The third-order valence-corrected chi connectivity index (χ3v) is 4.09. The van der Waals surface area contributed by atoms with Crippen LogP contribution < -0.4 is 0 Å². The number of aliphatic hydroxyl groups excluding tert-OH is 7. The summed E-state index contributed by atoms with van der Waals surface area (Å²) in [6, 6.07) is 0. The van der Waals surface area contributed by atoms with E-state index in [9.17, 15) is 25.5 Å². The van der Waals surface area contributed by atoms with E-state index in [1.807, 2.05) is 0 Å². The zero-order valence-electron chi connectivity index (χ0n) is 14.1. The van der Waals surface area contributed by atoms with Crippen molar-refractivity contribution in [2.45, 2.75) is 55.1 Å². The molecule has 1 fully saturated rings. The van der Waals surface area contributed by atoms with E-state index in [0.717, 1.165) is 0 Å². The molecule has 0 bridgehead atoms. The molecule has 0 amide bonds. The molecule has 150 valence electrons. The Bertz CT molecular complexity index is 369. The zero-order chi connectivity index (χ0) is 19.1. The molecular weight excluding hydrogens is 344 g/mol. The lowest BCUT2D eigenvalue weighted by Crippen LogP contribution is -2.59. The average molecular weight is 372 g/mol. The first-order valence-electron chi connectivity index (χ1n) is 7.77. The van der Waals surface area contributed by atoms with Crippen LogP contribution in [-0.4, -0.2) is 125 Å². The largest absolute Gasteiger partial charge is 0.394 e. The van der Waals surface area contributed by atoms with Gasteiger partial charge >= 0.3 is 0 Å². The van der Waals surface area contributed by atoms with Crippen molar-refractivity contribution in [1.82, 2.24) is 0 Å². The van der Waals surface area contributed by atoms with Gasteiger partial charge in [0, 0.05) is 14.2 Å². The van der Waals surface area contributed by atoms with Gasteiger partial charge in [-0.1, -0.05) is 0 Å². The fourth-order valence-corrected chi connectivity index (χ4v) is 2.62. The monoisotopic (exact) mass is 372 g/mol. The quantitative estimate of drug-likeness (QED) is 0.197. The normalized spacial score (nSPS) is 35.2. The van der Waals surface area contributed by atoms with E-state index in [1.165, 1.54) is 14.2 Å². The molecule has 25 heavy (non-hydrogen) atoms. The molecule has 1 rings (SSSR count). The van der Waals surface area contributed by atoms with E-state index in [-0.39, 0.29) is 0 Å². The summed E-state index contributed by atoms with van der Waals surface area (Å²) in [5, 5.41) is 67.2. The summed E-state index contributed by atoms with van der Waals surface area (Å²) in [7, 11) is 2.53. The Hall–Kier alpha value is -0.440. The molecule has 0 aromatic heterocycles.